The number of esters is 1. The molecule has 0 N–H and O–H groups in total. The van der Waals surface area contributed by atoms with Crippen LogP contribution in [0.3, 0.4) is 0 Å². The average Bonchev–Trinajstić information content (AvgIpc) is 3.00. The zero-order chi connectivity index (χ0) is 31.1. The van der Waals surface area contributed by atoms with E-state index in [2.05, 4.69) is 0 Å². The quantitative estimate of drug-likeness (QED) is 0.0719. The molecular weight excluding hydrogens is 570 g/mol. The van der Waals surface area contributed by atoms with Gasteiger partial charge in [0, 0.05) is 0 Å². The maximum Gasteiger partial charge on any atom is 0.346 e. The molecule has 1 aliphatic rings. The summed E-state index contributed by atoms with van der Waals surface area (Å²) in [7, 11) is 0. The Hall–Kier alpha value is -3.75. The topological polar surface area (TPSA) is 35.5 Å². The first-order valence-corrected chi connectivity index (χ1v) is 14.6. The first-order valence-electron chi connectivity index (χ1n) is 14.6. The van der Waals surface area contributed by atoms with Crippen LogP contribution in [0.1, 0.15) is 97.7 Å². The molecule has 4 rings (SSSR count). The molecule has 0 spiro atoms. The predicted molar refractivity (Wildman–Crippen MR) is 152 cm³/mol. The highest BCUT2D eigenvalue weighted by atomic mass is 19.2. The van der Waals surface area contributed by atoms with Crippen molar-refractivity contribution in [2.45, 2.75) is 77.0 Å². The summed E-state index contributed by atoms with van der Waals surface area (Å²) in [5.41, 5.74) is -0.139. The van der Waals surface area contributed by atoms with E-state index < -0.39 is 58.1 Å². The molecule has 0 bridgehead atoms. The van der Waals surface area contributed by atoms with Crippen molar-refractivity contribution in [1.29, 1.82) is 0 Å². The first kappa shape index (κ1) is 32.2. The molecule has 9 heteroatoms. The molecule has 1 saturated carbocycles. The van der Waals surface area contributed by atoms with Crippen LogP contribution >= 0.6 is 0 Å². The summed E-state index contributed by atoms with van der Waals surface area (Å²) in [4.78, 5) is 12.6. The summed E-state index contributed by atoms with van der Waals surface area (Å²) in [6, 6.07) is 7.59. The second-order valence-corrected chi connectivity index (χ2v) is 10.7. The number of carbonyl (C=O) groups is 1. The molecule has 0 aliphatic heterocycles. The molecule has 230 valence electrons. The third-order valence-electron chi connectivity index (χ3n) is 7.92. The van der Waals surface area contributed by atoms with Gasteiger partial charge in [0.05, 0.1) is 12.2 Å². The highest BCUT2D eigenvalue weighted by Gasteiger charge is 2.31. The summed E-state index contributed by atoms with van der Waals surface area (Å²) in [6.45, 7) is 3.93. The number of hydrogen-bond acceptors (Lipinski definition) is 3. The highest BCUT2D eigenvalue weighted by molar-refractivity contribution is 5.91. The summed E-state index contributed by atoms with van der Waals surface area (Å²) in [6.07, 6.45) is 7.81. The molecule has 0 radical (unpaired) electrons. The van der Waals surface area contributed by atoms with Crippen molar-refractivity contribution in [3.05, 3.63) is 106 Å². The van der Waals surface area contributed by atoms with E-state index in [4.69, 9.17) is 9.47 Å². The van der Waals surface area contributed by atoms with Crippen LogP contribution in [-0.4, -0.2) is 12.6 Å². The maximum absolute atomic E-state index is 15.2. The standard InChI is InChI=1S/C34H34F6O3/c1-3-5-7-8-22-13-14-23(29(36)28(22)35)20-9-11-21(12-10-20)24-15-16-25(31(38)30(24)37)34(41)43-27-18-17-26(32(39)33(27)40)42-19-6-4-2/h3,5,13-18,20-21H,4,6-12,19H2,1-2H3/b5-3+. The van der Waals surface area contributed by atoms with Crippen molar-refractivity contribution in [2.75, 3.05) is 6.61 Å². The fraction of sp³-hybridized carbons (Fsp3) is 0.382. The monoisotopic (exact) mass is 604 g/mol. The zero-order valence-corrected chi connectivity index (χ0v) is 24.1. The van der Waals surface area contributed by atoms with Crippen LogP contribution < -0.4 is 9.47 Å². The van der Waals surface area contributed by atoms with Crippen molar-refractivity contribution in [1.82, 2.24) is 0 Å². The molecule has 1 aliphatic carbocycles. The summed E-state index contributed by atoms with van der Waals surface area (Å²) in [5, 5.41) is 0. The summed E-state index contributed by atoms with van der Waals surface area (Å²) < 4.78 is 98.6. The van der Waals surface area contributed by atoms with Crippen molar-refractivity contribution < 1.29 is 40.6 Å². The molecule has 3 aromatic rings. The molecule has 0 amide bonds. The predicted octanol–water partition coefficient (Wildman–Crippen LogP) is 9.87. The van der Waals surface area contributed by atoms with Crippen molar-refractivity contribution >= 4 is 5.97 Å². The first-order chi connectivity index (χ1) is 20.7. The molecule has 0 atom stereocenters. The van der Waals surface area contributed by atoms with Crippen LogP contribution in [0, 0.1) is 34.9 Å². The fourth-order valence-corrected chi connectivity index (χ4v) is 5.46. The molecule has 0 unspecified atom stereocenters. The number of hydrogen-bond donors (Lipinski definition) is 0. The van der Waals surface area contributed by atoms with Crippen LogP contribution in [0.2, 0.25) is 0 Å². The minimum absolute atomic E-state index is 0.0456. The van der Waals surface area contributed by atoms with Gasteiger partial charge in [-0.3, -0.25) is 0 Å². The van der Waals surface area contributed by atoms with Crippen molar-refractivity contribution in [2.24, 2.45) is 0 Å². The largest absolute Gasteiger partial charge is 0.490 e. The molecule has 0 aromatic heterocycles. The fourth-order valence-electron chi connectivity index (χ4n) is 5.46. The Morgan fingerprint density at radius 3 is 1.98 bits per heavy atom. The van der Waals surface area contributed by atoms with Crippen LogP contribution in [0.5, 0.6) is 11.5 Å². The van der Waals surface area contributed by atoms with Crippen molar-refractivity contribution in [3.63, 3.8) is 0 Å². The van der Waals surface area contributed by atoms with Gasteiger partial charge in [-0.05, 0) is 98.6 Å². The van der Waals surface area contributed by atoms with E-state index in [9.17, 15) is 22.4 Å². The van der Waals surface area contributed by atoms with E-state index in [1.54, 1.807) is 12.1 Å². The lowest BCUT2D eigenvalue weighted by Crippen LogP contribution is -2.17. The van der Waals surface area contributed by atoms with Gasteiger partial charge in [-0.1, -0.05) is 43.7 Å². The Bertz CT molecular complexity index is 1480. The van der Waals surface area contributed by atoms with Crippen LogP contribution in [0.15, 0.2) is 48.6 Å². The lowest BCUT2D eigenvalue weighted by molar-refractivity contribution is 0.0720. The Morgan fingerprint density at radius 1 is 0.767 bits per heavy atom. The maximum atomic E-state index is 15.2. The smallest absolute Gasteiger partial charge is 0.346 e. The lowest BCUT2D eigenvalue weighted by atomic mass is 9.75. The number of ether oxygens (including phenoxy) is 2. The number of halogens is 6. The normalized spacial score (nSPS) is 16.9. The third kappa shape index (κ3) is 7.25. The second kappa shape index (κ2) is 14.6. The van der Waals surface area contributed by atoms with Gasteiger partial charge < -0.3 is 9.47 Å². The van der Waals surface area contributed by atoms with E-state index in [0.717, 1.165) is 24.6 Å². The lowest BCUT2D eigenvalue weighted by Gasteiger charge is -2.30. The molecule has 0 heterocycles. The number of aryl methyl sites for hydroxylation is 1. The van der Waals surface area contributed by atoms with E-state index in [0.29, 0.717) is 50.5 Å². The third-order valence-corrected chi connectivity index (χ3v) is 7.92. The van der Waals surface area contributed by atoms with Gasteiger partial charge in [0.1, 0.15) is 0 Å². The summed E-state index contributed by atoms with van der Waals surface area (Å²) >= 11 is 0. The number of allylic oxidation sites excluding steroid dienone is 2. The van der Waals surface area contributed by atoms with Gasteiger partial charge in [0.25, 0.3) is 0 Å². The Morgan fingerprint density at radius 2 is 1.35 bits per heavy atom. The van der Waals surface area contributed by atoms with Crippen LogP contribution in [0.25, 0.3) is 0 Å². The zero-order valence-electron chi connectivity index (χ0n) is 24.1. The minimum atomic E-state index is -1.49. The molecule has 0 saturated heterocycles. The van der Waals surface area contributed by atoms with Crippen molar-refractivity contribution in [3.8, 4) is 11.5 Å². The Labute approximate surface area is 247 Å². The van der Waals surface area contributed by atoms with Gasteiger partial charge in [-0.15, -0.1) is 0 Å². The van der Waals surface area contributed by atoms with E-state index in [-0.39, 0.29) is 29.4 Å². The van der Waals surface area contributed by atoms with E-state index in [1.807, 2.05) is 26.0 Å². The van der Waals surface area contributed by atoms with Crippen LogP contribution in [0.4, 0.5) is 26.3 Å². The van der Waals surface area contributed by atoms with E-state index >= 15 is 8.78 Å². The summed E-state index contributed by atoms with van der Waals surface area (Å²) in [5.74, 6) is -10.5. The number of rotatable bonds is 11. The molecule has 3 aromatic carbocycles. The van der Waals surface area contributed by atoms with Crippen LogP contribution in [-0.2, 0) is 6.42 Å². The Kier molecular flexibility index (Phi) is 10.9. The van der Waals surface area contributed by atoms with Gasteiger partial charge in [0.15, 0.2) is 34.8 Å². The highest BCUT2D eigenvalue weighted by Crippen LogP contribution is 2.43. The minimum Gasteiger partial charge on any atom is -0.490 e. The molecule has 1 fully saturated rings. The van der Waals surface area contributed by atoms with Gasteiger partial charge >= 0.3 is 5.97 Å². The average molecular weight is 605 g/mol. The van der Waals surface area contributed by atoms with Gasteiger partial charge in [-0.25, -0.2) is 22.4 Å². The molecule has 43 heavy (non-hydrogen) atoms. The molecule has 3 nitrogen and oxygen atoms in total. The SMILES string of the molecule is C/C=C/CCc1ccc(C2CCC(c3ccc(C(=O)Oc4ccc(OCCCC)c(F)c4F)c(F)c3F)CC2)c(F)c1F. The van der Waals surface area contributed by atoms with Gasteiger partial charge in [0.2, 0.25) is 11.6 Å². The Balaban J connectivity index is 1.42. The number of benzene rings is 3. The van der Waals surface area contributed by atoms with E-state index in [1.165, 1.54) is 6.07 Å². The number of unbranched alkanes of at least 4 members (excludes halogenated alkanes) is 1. The second-order valence-electron chi connectivity index (χ2n) is 10.7. The molecular formula is C34H34F6O3. The number of carbonyl (C=O) groups excluding carboxylic acids is 1. The van der Waals surface area contributed by atoms with Gasteiger partial charge in [-0.2, -0.15) is 8.78 Å².